The summed E-state index contributed by atoms with van der Waals surface area (Å²) in [5, 5.41) is 11.5. The van der Waals surface area contributed by atoms with Crippen LogP contribution in [0.15, 0.2) is 12.2 Å². The molecule has 0 spiro atoms. The second-order valence-corrected chi connectivity index (χ2v) is 14.0. The molecule has 0 aromatic rings. The maximum atomic E-state index is 12.9. The first-order valence-corrected chi connectivity index (χ1v) is 13.4. The minimum Gasteiger partial charge on any atom is -0.469 e. The molecule has 7 nitrogen and oxygen atoms in total. The molecule has 1 heterocycles. The van der Waals surface area contributed by atoms with Gasteiger partial charge in [0.05, 0.1) is 19.6 Å². The third-order valence-corrected chi connectivity index (χ3v) is 12.8. The van der Waals surface area contributed by atoms with Crippen LogP contribution in [-0.2, 0) is 28.3 Å². The van der Waals surface area contributed by atoms with Gasteiger partial charge in [-0.05, 0) is 36.5 Å². The summed E-state index contributed by atoms with van der Waals surface area (Å²) in [5.41, 5.74) is -2.14. The third-order valence-electron chi connectivity index (χ3n) is 8.20. The van der Waals surface area contributed by atoms with E-state index in [-0.39, 0.29) is 12.2 Å². The zero-order valence-electron chi connectivity index (χ0n) is 18.8. The molecule has 2 unspecified atom stereocenters. The van der Waals surface area contributed by atoms with Crippen LogP contribution in [-0.4, -0.2) is 56.6 Å². The van der Waals surface area contributed by atoms with Gasteiger partial charge in [0.25, 0.3) is 0 Å². The van der Waals surface area contributed by atoms with E-state index >= 15 is 0 Å². The number of allylic oxidation sites excluding steroid dienone is 2. The maximum absolute atomic E-state index is 12.9. The maximum Gasteiger partial charge on any atom is 0.320 e. The van der Waals surface area contributed by atoms with Gasteiger partial charge >= 0.3 is 11.9 Å². The van der Waals surface area contributed by atoms with Crippen molar-refractivity contribution in [2.45, 2.75) is 77.5 Å². The molecule has 0 radical (unpaired) electrons. The molecule has 3 rings (SSSR count). The molecule has 1 N–H and O–H groups in total. The molecule has 1 aliphatic heterocycles. The number of ether oxygens (including phenoxy) is 2. The SMILES string of the molecule is CC[Si](CC)(CC)OC1C(O)[C@H](CC(=O)OC)[C@@]2(C)C=CC(=O)[C@@]3(C)C(=O)O[C@@H]1[C@@H]32. The first-order valence-electron chi connectivity index (χ1n) is 10.9. The molecular formula is C22H34O7Si. The number of methoxy groups -OCH3 is 1. The first-order chi connectivity index (χ1) is 14.0. The van der Waals surface area contributed by atoms with E-state index in [1.165, 1.54) is 13.2 Å². The van der Waals surface area contributed by atoms with E-state index in [1.54, 1.807) is 13.0 Å². The van der Waals surface area contributed by atoms with Crippen molar-refractivity contribution >= 4 is 26.0 Å². The van der Waals surface area contributed by atoms with E-state index in [0.717, 1.165) is 18.1 Å². The molecule has 30 heavy (non-hydrogen) atoms. The Balaban J connectivity index is 2.13. The number of aliphatic hydroxyl groups is 1. The van der Waals surface area contributed by atoms with E-state index < -0.39 is 61.2 Å². The van der Waals surface area contributed by atoms with Crippen LogP contribution < -0.4 is 0 Å². The van der Waals surface area contributed by atoms with Gasteiger partial charge < -0.3 is 19.0 Å². The summed E-state index contributed by atoms with van der Waals surface area (Å²) in [6, 6.07) is 2.59. The predicted molar refractivity (Wildman–Crippen MR) is 112 cm³/mol. The molecular weight excluding hydrogens is 404 g/mol. The van der Waals surface area contributed by atoms with Gasteiger partial charge in [-0.2, -0.15) is 0 Å². The Morgan fingerprint density at radius 2 is 1.80 bits per heavy atom. The van der Waals surface area contributed by atoms with E-state index in [4.69, 9.17) is 13.9 Å². The van der Waals surface area contributed by atoms with Gasteiger partial charge in [0.1, 0.15) is 17.6 Å². The Kier molecular flexibility index (Phi) is 6.08. The van der Waals surface area contributed by atoms with Gasteiger partial charge in [-0.25, -0.2) is 0 Å². The molecule has 1 saturated carbocycles. The van der Waals surface area contributed by atoms with Crippen molar-refractivity contribution < 1.29 is 33.4 Å². The van der Waals surface area contributed by atoms with Crippen molar-refractivity contribution in [3.8, 4) is 0 Å². The fourth-order valence-corrected chi connectivity index (χ4v) is 8.81. The second kappa shape index (κ2) is 7.87. The molecule has 0 amide bonds. The standard InChI is InChI=1S/C22H34O7Si/c1-7-30(8-2,9-3)29-17-16(25)13(12-15(24)27-6)21(4)11-10-14(23)22(5)19(21)18(17)28-20(22)26/h10-11,13,16-19,25H,7-9,12H2,1-6H3/t13-,16?,17?,18-,19+,21+,22+/m0/s1. The van der Waals surface area contributed by atoms with E-state index in [9.17, 15) is 19.5 Å². The highest BCUT2D eigenvalue weighted by Crippen LogP contribution is 2.62. The topological polar surface area (TPSA) is 99.1 Å². The Bertz CT molecular complexity index is 752. The van der Waals surface area contributed by atoms with Crippen LogP contribution >= 0.6 is 0 Å². The van der Waals surface area contributed by atoms with E-state index in [2.05, 4.69) is 20.8 Å². The lowest BCUT2D eigenvalue weighted by molar-refractivity contribution is -0.179. The zero-order valence-corrected chi connectivity index (χ0v) is 19.8. The number of ketones is 1. The van der Waals surface area contributed by atoms with Crippen LogP contribution in [0.2, 0.25) is 18.1 Å². The van der Waals surface area contributed by atoms with Gasteiger partial charge in [-0.3, -0.25) is 14.4 Å². The number of hydrogen-bond acceptors (Lipinski definition) is 7. The minimum atomic E-state index is -2.18. The quantitative estimate of drug-likeness (QED) is 0.370. The van der Waals surface area contributed by atoms with Crippen molar-refractivity contribution in [1.29, 1.82) is 0 Å². The predicted octanol–water partition coefficient (Wildman–Crippen LogP) is 2.62. The smallest absolute Gasteiger partial charge is 0.320 e. The van der Waals surface area contributed by atoms with Crippen molar-refractivity contribution in [2.24, 2.45) is 22.7 Å². The molecule has 1 saturated heterocycles. The molecule has 0 aromatic carbocycles. The van der Waals surface area contributed by atoms with Crippen molar-refractivity contribution in [2.75, 3.05) is 7.11 Å². The lowest BCUT2D eigenvalue weighted by Crippen LogP contribution is -2.65. The van der Waals surface area contributed by atoms with Gasteiger partial charge in [-0.15, -0.1) is 0 Å². The Morgan fingerprint density at radius 1 is 1.20 bits per heavy atom. The summed E-state index contributed by atoms with van der Waals surface area (Å²) >= 11 is 0. The highest BCUT2D eigenvalue weighted by atomic mass is 28.4. The van der Waals surface area contributed by atoms with Crippen LogP contribution in [0.4, 0.5) is 0 Å². The normalized spacial score (nSPS) is 40.2. The number of rotatable bonds is 7. The first kappa shape index (κ1) is 23.2. The Morgan fingerprint density at radius 3 is 2.33 bits per heavy atom. The summed E-state index contributed by atoms with van der Waals surface area (Å²) < 4.78 is 17.3. The Hall–Kier alpha value is -1.51. The Labute approximate surface area is 179 Å². The van der Waals surface area contributed by atoms with Crippen LogP contribution in [0.3, 0.4) is 0 Å². The number of aliphatic hydroxyl groups excluding tert-OH is 1. The van der Waals surface area contributed by atoms with Crippen LogP contribution in [0.25, 0.3) is 0 Å². The fraction of sp³-hybridized carbons (Fsp3) is 0.773. The number of carbonyl (C=O) groups excluding carboxylic acids is 3. The monoisotopic (exact) mass is 438 g/mol. The van der Waals surface area contributed by atoms with Crippen molar-refractivity contribution in [3.05, 3.63) is 12.2 Å². The molecule has 3 aliphatic rings. The molecule has 7 atom stereocenters. The fourth-order valence-electron chi connectivity index (χ4n) is 5.96. The lowest BCUT2D eigenvalue weighted by Gasteiger charge is -2.56. The molecule has 8 heteroatoms. The van der Waals surface area contributed by atoms with Gasteiger partial charge in [0.15, 0.2) is 14.1 Å². The number of esters is 2. The van der Waals surface area contributed by atoms with E-state index in [0.29, 0.717) is 0 Å². The van der Waals surface area contributed by atoms with Crippen molar-refractivity contribution in [1.82, 2.24) is 0 Å². The average molecular weight is 439 g/mol. The zero-order chi connectivity index (χ0) is 22.5. The van der Waals surface area contributed by atoms with Crippen molar-refractivity contribution in [3.63, 3.8) is 0 Å². The van der Waals surface area contributed by atoms with Crippen LogP contribution in [0.1, 0.15) is 41.0 Å². The summed E-state index contributed by atoms with van der Waals surface area (Å²) in [5.74, 6) is -2.40. The number of carbonyl (C=O) groups is 3. The molecule has 2 fully saturated rings. The third kappa shape index (κ3) is 3.10. The molecule has 0 bridgehead atoms. The summed E-state index contributed by atoms with van der Waals surface area (Å²) in [4.78, 5) is 38.0. The summed E-state index contributed by atoms with van der Waals surface area (Å²) in [7, 11) is -0.867. The number of hydrogen-bond donors (Lipinski definition) is 1. The van der Waals surface area contributed by atoms with Crippen LogP contribution in [0.5, 0.6) is 0 Å². The van der Waals surface area contributed by atoms with Crippen LogP contribution in [0, 0.1) is 22.7 Å². The minimum absolute atomic E-state index is 0.0288. The highest BCUT2D eigenvalue weighted by Gasteiger charge is 2.72. The highest BCUT2D eigenvalue weighted by molar-refractivity contribution is 6.73. The second-order valence-electron chi connectivity index (χ2n) is 9.32. The largest absolute Gasteiger partial charge is 0.469 e. The average Bonchev–Trinajstić information content (AvgIpc) is 3.02. The van der Waals surface area contributed by atoms with E-state index in [1.807, 2.05) is 6.92 Å². The van der Waals surface area contributed by atoms with Gasteiger partial charge in [0.2, 0.25) is 0 Å². The lowest BCUT2D eigenvalue weighted by atomic mass is 9.48. The van der Waals surface area contributed by atoms with Gasteiger partial charge in [0, 0.05) is 11.8 Å². The van der Waals surface area contributed by atoms with Gasteiger partial charge in [-0.1, -0.05) is 33.8 Å². The summed E-state index contributed by atoms with van der Waals surface area (Å²) in [6.45, 7) is 9.77. The molecule has 0 aromatic heterocycles. The molecule has 168 valence electrons. The molecule has 2 aliphatic carbocycles. The summed E-state index contributed by atoms with van der Waals surface area (Å²) in [6.07, 6.45) is 0.588.